The van der Waals surface area contributed by atoms with Gasteiger partial charge in [-0.3, -0.25) is 9.89 Å². The van der Waals surface area contributed by atoms with Gasteiger partial charge in [0.2, 0.25) is 5.91 Å². The van der Waals surface area contributed by atoms with E-state index < -0.39 is 0 Å². The van der Waals surface area contributed by atoms with Gasteiger partial charge in [0.15, 0.2) is 5.82 Å². The van der Waals surface area contributed by atoms with Crippen LogP contribution in [0, 0.1) is 12.8 Å². The molecular formula is C13H22N4O. The predicted octanol–water partition coefficient (Wildman–Crippen LogP) is 2.04. The molecule has 0 radical (unpaired) electrons. The van der Waals surface area contributed by atoms with Crippen LogP contribution in [-0.2, 0) is 11.3 Å². The lowest BCUT2D eigenvalue weighted by Gasteiger charge is -2.23. The number of rotatable bonds is 4. The molecule has 1 saturated carbocycles. The number of aromatic amines is 1. The third-order valence-corrected chi connectivity index (χ3v) is 3.64. The summed E-state index contributed by atoms with van der Waals surface area (Å²) in [6.07, 6.45) is 6.99. The van der Waals surface area contributed by atoms with Gasteiger partial charge in [-0.05, 0) is 25.7 Å². The molecule has 1 fully saturated rings. The summed E-state index contributed by atoms with van der Waals surface area (Å²) in [7, 11) is 1.83. The first kappa shape index (κ1) is 13.1. The fourth-order valence-electron chi connectivity index (χ4n) is 2.55. The monoisotopic (exact) mass is 250 g/mol. The fraction of sp³-hybridized carbons (Fsp3) is 0.769. The molecule has 18 heavy (non-hydrogen) atoms. The van der Waals surface area contributed by atoms with Crippen molar-refractivity contribution >= 4 is 5.91 Å². The van der Waals surface area contributed by atoms with E-state index in [1.165, 1.54) is 32.1 Å². The normalized spacial score (nSPS) is 16.8. The van der Waals surface area contributed by atoms with E-state index in [4.69, 9.17) is 0 Å². The molecule has 0 aliphatic heterocycles. The minimum Gasteiger partial charge on any atom is -0.338 e. The van der Waals surface area contributed by atoms with Gasteiger partial charge in [0.25, 0.3) is 0 Å². The summed E-state index contributed by atoms with van der Waals surface area (Å²) in [5.41, 5.74) is 0. The Morgan fingerprint density at radius 3 is 2.72 bits per heavy atom. The molecule has 2 rings (SSSR count). The molecule has 1 aromatic heterocycles. The lowest BCUT2D eigenvalue weighted by molar-refractivity contribution is -0.131. The lowest BCUT2D eigenvalue weighted by Crippen LogP contribution is -2.29. The van der Waals surface area contributed by atoms with Gasteiger partial charge < -0.3 is 4.90 Å². The zero-order valence-electron chi connectivity index (χ0n) is 11.3. The lowest BCUT2D eigenvalue weighted by atomic mass is 9.87. The first-order valence-electron chi connectivity index (χ1n) is 6.77. The molecular weight excluding hydrogens is 228 g/mol. The predicted molar refractivity (Wildman–Crippen MR) is 68.8 cm³/mol. The highest BCUT2D eigenvalue weighted by molar-refractivity contribution is 5.76. The highest BCUT2D eigenvalue weighted by Gasteiger charge is 2.19. The van der Waals surface area contributed by atoms with Crippen molar-refractivity contribution in [1.82, 2.24) is 20.1 Å². The van der Waals surface area contributed by atoms with Gasteiger partial charge in [-0.25, -0.2) is 4.98 Å². The summed E-state index contributed by atoms with van der Waals surface area (Å²) in [6.45, 7) is 2.36. The molecule has 0 saturated heterocycles. The molecule has 1 N–H and O–H groups in total. The van der Waals surface area contributed by atoms with Crippen LogP contribution in [0.5, 0.6) is 0 Å². The number of H-pyrrole nitrogens is 1. The Morgan fingerprint density at radius 2 is 2.11 bits per heavy atom. The molecule has 0 unspecified atom stereocenters. The molecule has 5 heteroatoms. The van der Waals surface area contributed by atoms with E-state index in [1.807, 2.05) is 14.0 Å². The molecule has 0 bridgehead atoms. The van der Waals surface area contributed by atoms with Gasteiger partial charge in [0.05, 0.1) is 6.54 Å². The number of nitrogens with zero attached hydrogens (tertiary/aromatic N) is 3. The number of amides is 1. The van der Waals surface area contributed by atoms with Crippen LogP contribution in [0.2, 0.25) is 0 Å². The zero-order valence-corrected chi connectivity index (χ0v) is 11.3. The quantitative estimate of drug-likeness (QED) is 0.889. The van der Waals surface area contributed by atoms with Crippen molar-refractivity contribution in [3.8, 4) is 0 Å². The maximum atomic E-state index is 12.1. The number of nitrogens with one attached hydrogen (secondary N) is 1. The summed E-state index contributed by atoms with van der Waals surface area (Å²) in [5.74, 6) is 2.28. The molecule has 0 spiro atoms. The van der Waals surface area contributed by atoms with Gasteiger partial charge in [0, 0.05) is 13.5 Å². The smallest absolute Gasteiger partial charge is 0.222 e. The third-order valence-electron chi connectivity index (χ3n) is 3.64. The van der Waals surface area contributed by atoms with Crippen LogP contribution in [0.3, 0.4) is 0 Å². The van der Waals surface area contributed by atoms with E-state index >= 15 is 0 Å². The minimum atomic E-state index is 0.212. The third kappa shape index (κ3) is 3.55. The Morgan fingerprint density at radius 1 is 1.39 bits per heavy atom. The second-order valence-electron chi connectivity index (χ2n) is 5.30. The summed E-state index contributed by atoms with van der Waals surface area (Å²) < 4.78 is 0. The Labute approximate surface area is 108 Å². The molecule has 0 aromatic carbocycles. The Hall–Kier alpha value is -1.39. The average molecular weight is 250 g/mol. The van der Waals surface area contributed by atoms with Crippen molar-refractivity contribution in [2.45, 2.75) is 52.0 Å². The Bertz CT molecular complexity index is 395. The highest BCUT2D eigenvalue weighted by atomic mass is 16.2. The largest absolute Gasteiger partial charge is 0.338 e. The molecule has 1 aliphatic rings. The van der Waals surface area contributed by atoms with Crippen molar-refractivity contribution in [1.29, 1.82) is 0 Å². The molecule has 0 atom stereocenters. The first-order chi connectivity index (χ1) is 8.65. The van der Waals surface area contributed by atoms with Crippen LogP contribution in [0.4, 0.5) is 0 Å². The Kier molecular flexibility index (Phi) is 4.33. The second-order valence-corrected chi connectivity index (χ2v) is 5.30. The van der Waals surface area contributed by atoms with E-state index in [2.05, 4.69) is 15.2 Å². The van der Waals surface area contributed by atoms with Crippen molar-refractivity contribution in [3.63, 3.8) is 0 Å². The molecule has 5 nitrogen and oxygen atoms in total. The maximum absolute atomic E-state index is 12.1. The van der Waals surface area contributed by atoms with Gasteiger partial charge in [-0.2, -0.15) is 5.10 Å². The summed E-state index contributed by atoms with van der Waals surface area (Å²) >= 11 is 0. The fourth-order valence-corrected chi connectivity index (χ4v) is 2.55. The standard InChI is InChI=1S/C13H22N4O/c1-10-14-12(16-15-10)9-17(2)13(18)8-11-6-4-3-5-7-11/h11H,3-9H2,1-2H3,(H,14,15,16). The van der Waals surface area contributed by atoms with Crippen LogP contribution in [0.25, 0.3) is 0 Å². The first-order valence-corrected chi connectivity index (χ1v) is 6.77. The average Bonchev–Trinajstić information content (AvgIpc) is 2.76. The van der Waals surface area contributed by atoms with Crippen LogP contribution in [0.1, 0.15) is 50.2 Å². The van der Waals surface area contributed by atoms with E-state index in [-0.39, 0.29) is 5.91 Å². The number of carbonyl (C=O) groups is 1. The van der Waals surface area contributed by atoms with Gasteiger partial charge in [-0.15, -0.1) is 0 Å². The molecule has 1 amide bonds. The van der Waals surface area contributed by atoms with Gasteiger partial charge in [-0.1, -0.05) is 19.3 Å². The van der Waals surface area contributed by atoms with Crippen LogP contribution >= 0.6 is 0 Å². The molecule has 1 aromatic rings. The van der Waals surface area contributed by atoms with Crippen molar-refractivity contribution in [3.05, 3.63) is 11.6 Å². The Balaban J connectivity index is 1.80. The van der Waals surface area contributed by atoms with Crippen LogP contribution < -0.4 is 0 Å². The van der Waals surface area contributed by atoms with Crippen molar-refractivity contribution < 1.29 is 4.79 Å². The van der Waals surface area contributed by atoms with Crippen LogP contribution in [0.15, 0.2) is 0 Å². The van der Waals surface area contributed by atoms with Crippen LogP contribution in [-0.4, -0.2) is 33.0 Å². The summed E-state index contributed by atoms with van der Waals surface area (Å²) in [6, 6.07) is 0. The van der Waals surface area contributed by atoms with Crippen molar-refractivity contribution in [2.75, 3.05) is 7.05 Å². The van der Waals surface area contributed by atoms with E-state index in [1.54, 1.807) is 4.90 Å². The molecule has 100 valence electrons. The number of hydrogen-bond acceptors (Lipinski definition) is 3. The highest BCUT2D eigenvalue weighted by Crippen LogP contribution is 2.26. The topological polar surface area (TPSA) is 61.9 Å². The SMILES string of the molecule is Cc1nc(CN(C)C(=O)CC2CCCCC2)n[nH]1. The number of hydrogen-bond donors (Lipinski definition) is 1. The van der Waals surface area contributed by atoms with Gasteiger partial charge in [0.1, 0.15) is 5.82 Å². The minimum absolute atomic E-state index is 0.212. The van der Waals surface area contributed by atoms with Gasteiger partial charge >= 0.3 is 0 Å². The van der Waals surface area contributed by atoms with Crippen molar-refractivity contribution in [2.24, 2.45) is 5.92 Å². The maximum Gasteiger partial charge on any atom is 0.222 e. The number of aryl methyl sites for hydroxylation is 1. The number of aromatic nitrogens is 3. The summed E-state index contributed by atoms with van der Waals surface area (Å²) in [4.78, 5) is 18.0. The zero-order chi connectivity index (χ0) is 13.0. The van der Waals surface area contributed by atoms with E-state index in [9.17, 15) is 4.79 Å². The molecule has 1 aliphatic carbocycles. The summed E-state index contributed by atoms with van der Waals surface area (Å²) in [5, 5.41) is 6.85. The second kappa shape index (κ2) is 5.98. The van der Waals surface area contributed by atoms with E-state index in [0.29, 0.717) is 24.7 Å². The van der Waals surface area contributed by atoms with E-state index in [0.717, 1.165) is 5.82 Å². The molecule has 1 heterocycles. The number of carbonyl (C=O) groups excluding carboxylic acids is 1.